The van der Waals surface area contributed by atoms with E-state index in [1.807, 2.05) is 11.6 Å². The van der Waals surface area contributed by atoms with Gasteiger partial charge >= 0.3 is 0 Å². The summed E-state index contributed by atoms with van der Waals surface area (Å²) >= 11 is 1.18. The fourth-order valence-corrected chi connectivity index (χ4v) is 6.81. The molecular formula is C14H19NO5S3. The minimum Gasteiger partial charge on any atom is -0.273 e. The number of nitrogens with one attached hydrogen (secondary N) is 1. The van der Waals surface area contributed by atoms with Crippen molar-refractivity contribution in [3.63, 3.8) is 0 Å². The van der Waals surface area contributed by atoms with Gasteiger partial charge in [-0.3, -0.25) is 4.79 Å². The topological polar surface area (TPSA) is 97.4 Å². The molecule has 128 valence electrons. The molecule has 1 N–H and O–H groups in total. The van der Waals surface area contributed by atoms with E-state index in [0.717, 1.165) is 11.1 Å². The van der Waals surface area contributed by atoms with E-state index in [-0.39, 0.29) is 27.4 Å². The number of carbonyl (C=O) groups excluding carboxylic acids is 1. The van der Waals surface area contributed by atoms with Crippen molar-refractivity contribution in [1.82, 2.24) is 4.72 Å². The molecule has 1 heterocycles. The van der Waals surface area contributed by atoms with Crippen molar-refractivity contribution >= 4 is 37.5 Å². The molecule has 0 radical (unpaired) electrons. The molecule has 1 aliphatic rings. The highest BCUT2D eigenvalue weighted by molar-refractivity contribution is 8.02. The molecule has 6 nitrogen and oxygen atoms in total. The summed E-state index contributed by atoms with van der Waals surface area (Å²) in [5.74, 6) is -0.538. The van der Waals surface area contributed by atoms with E-state index < -0.39 is 25.8 Å². The van der Waals surface area contributed by atoms with Crippen molar-refractivity contribution in [2.75, 3.05) is 17.3 Å². The van der Waals surface area contributed by atoms with Crippen LogP contribution in [0.2, 0.25) is 0 Å². The Morgan fingerprint density at radius 2 is 2.00 bits per heavy atom. The molecule has 0 spiro atoms. The molecule has 0 saturated carbocycles. The zero-order valence-corrected chi connectivity index (χ0v) is 15.4. The molecule has 2 rings (SSSR count). The van der Waals surface area contributed by atoms with Gasteiger partial charge in [0.2, 0.25) is 5.91 Å². The lowest BCUT2D eigenvalue weighted by atomic mass is 10.1. The average molecular weight is 378 g/mol. The monoisotopic (exact) mass is 377 g/mol. The second kappa shape index (κ2) is 6.82. The second-order valence-electron chi connectivity index (χ2n) is 5.61. The molecule has 1 fully saturated rings. The minimum atomic E-state index is -3.90. The predicted octanol–water partition coefficient (Wildman–Crippen LogP) is 1.03. The quantitative estimate of drug-likeness (QED) is 0.823. The van der Waals surface area contributed by atoms with Crippen molar-refractivity contribution in [2.45, 2.75) is 30.4 Å². The summed E-state index contributed by atoms with van der Waals surface area (Å²) in [7, 11) is -6.90. The van der Waals surface area contributed by atoms with E-state index in [0.29, 0.717) is 6.42 Å². The molecule has 1 aromatic carbocycles. The van der Waals surface area contributed by atoms with Gasteiger partial charge in [0.15, 0.2) is 9.84 Å². The highest BCUT2D eigenvalue weighted by atomic mass is 32.2. The van der Waals surface area contributed by atoms with Crippen LogP contribution in [0.15, 0.2) is 23.1 Å². The highest BCUT2D eigenvalue weighted by Crippen LogP contribution is 2.24. The van der Waals surface area contributed by atoms with Gasteiger partial charge in [-0.1, -0.05) is 6.07 Å². The SMILES string of the molecule is Cc1ccc(S(=O)(=O)NC(=O)CSC2CCS(=O)(=O)C2)cc1C. The first kappa shape index (κ1) is 18.3. The summed E-state index contributed by atoms with van der Waals surface area (Å²) in [6.45, 7) is 3.67. The Hall–Kier alpha value is -1.06. The van der Waals surface area contributed by atoms with Crippen molar-refractivity contribution in [3.8, 4) is 0 Å². The highest BCUT2D eigenvalue weighted by Gasteiger charge is 2.29. The lowest BCUT2D eigenvalue weighted by Crippen LogP contribution is -2.32. The van der Waals surface area contributed by atoms with Crippen LogP contribution in [0.5, 0.6) is 0 Å². The van der Waals surface area contributed by atoms with Gasteiger partial charge in [-0.15, -0.1) is 11.8 Å². The first-order chi connectivity index (χ1) is 10.6. The minimum absolute atomic E-state index is 0.0439. The Labute approximate surface area is 141 Å². The lowest BCUT2D eigenvalue weighted by molar-refractivity contribution is -0.116. The number of thioether (sulfide) groups is 1. The number of sulfone groups is 1. The normalized spacial score (nSPS) is 20.3. The molecule has 23 heavy (non-hydrogen) atoms. The number of hydrogen-bond donors (Lipinski definition) is 1. The van der Waals surface area contributed by atoms with Crippen LogP contribution in [-0.4, -0.2) is 45.3 Å². The number of aryl methyl sites for hydroxylation is 2. The summed E-state index contributed by atoms with van der Waals surface area (Å²) in [5.41, 5.74) is 1.79. The fourth-order valence-electron chi connectivity index (χ4n) is 2.21. The maximum absolute atomic E-state index is 12.2. The van der Waals surface area contributed by atoms with Crippen molar-refractivity contribution in [2.24, 2.45) is 0 Å². The lowest BCUT2D eigenvalue weighted by Gasteiger charge is -2.10. The summed E-state index contributed by atoms with van der Waals surface area (Å²) < 4.78 is 49.1. The molecule has 1 atom stereocenters. The number of carbonyl (C=O) groups is 1. The van der Waals surface area contributed by atoms with E-state index in [1.54, 1.807) is 13.0 Å². The molecule has 0 bridgehead atoms. The molecule has 9 heteroatoms. The molecule has 1 amide bonds. The van der Waals surface area contributed by atoms with Gasteiger partial charge in [0.25, 0.3) is 10.0 Å². The molecule has 0 aliphatic carbocycles. The summed E-state index contributed by atoms with van der Waals surface area (Å²) in [4.78, 5) is 11.9. The summed E-state index contributed by atoms with van der Waals surface area (Å²) in [5, 5.41) is -0.143. The first-order valence-corrected chi connectivity index (χ1v) is 11.4. The van der Waals surface area contributed by atoms with E-state index >= 15 is 0 Å². The number of hydrogen-bond acceptors (Lipinski definition) is 6. The predicted molar refractivity (Wildman–Crippen MR) is 90.8 cm³/mol. The average Bonchev–Trinajstić information content (AvgIpc) is 2.78. The molecular weight excluding hydrogens is 358 g/mol. The molecule has 1 aromatic rings. The summed E-state index contributed by atoms with van der Waals surface area (Å²) in [6.07, 6.45) is 0.504. The van der Waals surface area contributed by atoms with Crippen LogP contribution in [0.4, 0.5) is 0 Å². The van der Waals surface area contributed by atoms with E-state index in [4.69, 9.17) is 0 Å². The third-order valence-corrected chi connectivity index (χ3v) is 8.33. The van der Waals surface area contributed by atoms with Gasteiger partial charge < -0.3 is 0 Å². The largest absolute Gasteiger partial charge is 0.273 e. The fraction of sp³-hybridized carbons (Fsp3) is 0.500. The smallest absolute Gasteiger partial charge is 0.264 e. The van der Waals surface area contributed by atoms with Crippen LogP contribution < -0.4 is 4.72 Å². The van der Waals surface area contributed by atoms with E-state index in [9.17, 15) is 21.6 Å². The van der Waals surface area contributed by atoms with Crippen LogP contribution in [0.25, 0.3) is 0 Å². The Balaban J connectivity index is 1.95. The van der Waals surface area contributed by atoms with Gasteiger partial charge in [-0.25, -0.2) is 21.6 Å². The van der Waals surface area contributed by atoms with Crippen molar-refractivity contribution < 1.29 is 21.6 Å². The zero-order chi connectivity index (χ0) is 17.3. The van der Waals surface area contributed by atoms with E-state index in [2.05, 4.69) is 0 Å². The van der Waals surface area contributed by atoms with Crippen LogP contribution in [-0.2, 0) is 24.7 Å². The van der Waals surface area contributed by atoms with Gasteiger partial charge in [0.1, 0.15) is 0 Å². The number of sulfonamides is 1. The van der Waals surface area contributed by atoms with Gasteiger partial charge in [0, 0.05) is 5.25 Å². The standard InChI is InChI=1S/C14H19NO5S3/c1-10-3-4-13(7-11(10)2)23(19,20)15-14(16)8-21-12-5-6-22(17,18)9-12/h3-4,7,12H,5-6,8-9H2,1-2H3,(H,15,16). The van der Waals surface area contributed by atoms with Gasteiger partial charge in [-0.2, -0.15) is 0 Å². The van der Waals surface area contributed by atoms with Crippen molar-refractivity contribution in [1.29, 1.82) is 0 Å². The Morgan fingerprint density at radius 3 is 2.57 bits per heavy atom. The first-order valence-electron chi connectivity index (χ1n) is 7.04. The maximum Gasteiger partial charge on any atom is 0.264 e. The Kier molecular flexibility index (Phi) is 5.42. The van der Waals surface area contributed by atoms with Gasteiger partial charge in [-0.05, 0) is 43.5 Å². The Morgan fingerprint density at radius 1 is 1.30 bits per heavy atom. The van der Waals surface area contributed by atoms with Crippen LogP contribution in [0.1, 0.15) is 17.5 Å². The zero-order valence-electron chi connectivity index (χ0n) is 12.9. The van der Waals surface area contributed by atoms with Gasteiger partial charge in [0.05, 0.1) is 22.2 Å². The van der Waals surface area contributed by atoms with Crippen LogP contribution in [0, 0.1) is 13.8 Å². The molecule has 1 unspecified atom stereocenters. The van der Waals surface area contributed by atoms with E-state index in [1.165, 1.54) is 23.9 Å². The third-order valence-electron chi connectivity index (χ3n) is 3.68. The number of rotatable bonds is 5. The Bertz CT molecular complexity index is 815. The van der Waals surface area contributed by atoms with Crippen LogP contribution >= 0.6 is 11.8 Å². The van der Waals surface area contributed by atoms with Crippen molar-refractivity contribution in [3.05, 3.63) is 29.3 Å². The number of amides is 1. The second-order valence-corrected chi connectivity index (χ2v) is 10.8. The molecule has 1 saturated heterocycles. The molecule has 1 aliphatic heterocycles. The molecule has 0 aromatic heterocycles. The maximum atomic E-state index is 12.2. The summed E-state index contributed by atoms with van der Waals surface area (Å²) in [6, 6.07) is 4.66. The van der Waals surface area contributed by atoms with Crippen LogP contribution in [0.3, 0.4) is 0 Å². The number of benzene rings is 1. The third kappa shape index (κ3) is 4.95.